The predicted octanol–water partition coefficient (Wildman–Crippen LogP) is 1.98. The highest BCUT2D eigenvalue weighted by molar-refractivity contribution is 5.79. The maximum atomic E-state index is 13.3. The second-order valence-corrected chi connectivity index (χ2v) is 6.05. The first-order valence-electron chi connectivity index (χ1n) is 8.73. The zero-order valence-corrected chi connectivity index (χ0v) is 14.9. The van der Waals surface area contributed by atoms with Gasteiger partial charge in [-0.1, -0.05) is 0 Å². The summed E-state index contributed by atoms with van der Waals surface area (Å²) in [5.41, 5.74) is 2.57. The monoisotopic (exact) mass is 383 g/mol. The molecule has 3 aromatic heterocycles. The van der Waals surface area contributed by atoms with Crippen LogP contribution in [0.2, 0.25) is 0 Å². The number of aliphatic hydroxyl groups excluding tert-OH is 2. The zero-order valence-electron chi connectivity index (χ0n) is 14.9. The summed E-state index contributed by atoms with van der Waals surface area (Å²) in [7, 11) is 0. The normalized spacial score (nSPS) is 11.2. The molecule has 0 fully saturated rings. The summed E-state index contributed by atoms with van der Waals surface area (Å²) in [6.45, 7) is 0.408. The van der Waals surface area contributed by atoms with Gasteiger partial charge < -0.3 is 19.5 Å². The van der Waals surface area contributed by atoms with Crippen LogP contribution in [0.1, 0.15) is 0 Å². The highest BCUT2D eigenvalue weighted by atomic mass is 19.1. The Morgan fingerprint density at radius 3 is 2.50 bits per heavy atom. The second kappa shape index (κ2) is 7.75. The van der Waals surface area contributed by atoms with Crippen molar-refractivity contribution in [3.05, 3.63) is 54.8 Å². The first-order valence-corrected chi connectivity index (χ1v) is 8.73. The van der Waals surface area contributed by atoms with Crippen molar-refractivity contribution < 1.29 is 19.0 Å². The average Bonchev–Trinajstić information content (AvgIpc) is 3.30. The predicted molar refractivity (Wildman–Crippen MR) is 100 cm³/mol. The lowest BCUT2D eigenvalue weighted by atomic mass is 10.1. The maximum Gasteiger partial charge on any atom is 0.306 e. The number of rotatable bonds is 7. The summed E-state index contributed by atoms with van der Waals surface area (Å²) in [4.78, 5) is 15.1. The number of benzene rings is 1. The summed E-state index contributed by atoms with van der Waals surface area (Å²) in [5, 5.41) is 18.5. The molecule has 3 heterocycles. The van der Waals surface area contributed by atoms with Crippen molar-refractivity contribution in [3.8, 4) is 22.6 Å². The fourth-order valence-electron chi connectivity index (χ4n) is 3.03. The van der Waals surface area contributed by atoms with Crippen molar-refractivity contribution in [2.24, 2.45) is 0 Å². The van der Waals surface area contributed by atoms with Crippen LogP contribution >= 0.6 is 0 Å². The van der Waals surface area contributed by atoms with Crippen LogP contribution in [0.15, 0.2) is 53.4 Å². The minimum Gasteiger partial charge on any atom is -0.432 e. The van der Waals surface area contributed by atoms with Crippen LogP contribution in [-0.4, -0.2) is 55.9 Å². The van der Waals surface area contributed by atoms with Crippen LogP contribution in [0, 0.1) is 5.82 Å². The molecule has 144 valence electrons. The van der Waals surface area contributed by atoms with E-state index in [1.807, 2.05) is 0 Å². The lowest BCUT2D eigenvalue weighted by Gasteiger charge is -2.20. The summed E-state index contributed by atoms with van der Waals surface area (Å²) < 4.78 is 20.5. The van der Waals surface area contributed by atoms with E-state index in [1.165, 1.54) is 18.4 Å². The molecule has 28 heavy (non-hydrogen) atoms. The van der Waals surface area contributed by atoms with Gasteiger partial charge in [-0.25, -0.2) is 14.4 Å². The number of aliphatic hydroxyl groups is 2. The van der Waals surface area contributed by atoms with Gasteiger partial charge in [0, 0.05) is 31.0 Å². The van der Waals surface area contributed by atoms with Crippen LogP contribution in [0.5, 0.6) is 0 Å². The Labute approximate surface area is 159 Å². The van der Waals surface area contributed by atoms with E-state index >= 15 is 0 Å². The molecule has 1 aromatic carbocycles. The van der Waals surface area contributed by atoms with E-state index in [2.05, 4.69) is 15.0 Å². The van der Waals surface area contributed by atoms with Gasteiger partial charge in [-0.15, -0.1) is 0 Å². The smallest absolute Gasteiger partial charge is 0.306 e. The van der Waals surface area contributed by atoms with Crippen molar-refractivity contribution in [1.82, 2.24) is 19.4 Å². The summed E-state index contributed by atoms with van der Waals surface area (Å²) in [5.74, 6) is 0.433. The number of halogens is 1. The third kappa shape index (κ3) is 3.32. The molecule has 8 nitrogen and oxygen atoms in total. The van der Waals surface area contributed by atoms with Crippen molar-refractivity contribution in [2.75, 3.05) is 31.2 Å². The molecule has 0 saturated carbocycles. The SMILES string of the molecule is OCCN(CCO)c1nccc(-c2c(-c3ccc(F)cc3)nc3occn23)n1. The van der Waals surface area contributed by atoms with Gasteiger partial charge in [0.15, 0.2) is 0 Å². The van der Waals surface area contributed by atoms with Gasteiger partial charge in [0.05, 0.1) is 18.9 Å². The molecule has 0 bridgehead atoms. The molecule has 0 saturated heterocycles. The van der Waals surface area contributed by atoms with Gasteiger partial charge in [0.1, 0.15) is 23.5 Å². The quantitative estimate of drug-likeness (QED) is 0.503. The van der Waals surface area contributed by atoms with Crippen molar-refractivity contribution >= 4 is 11.8 Å². The minimum absolute atomic E-state index is 0.0902. The Morgan fingerprint density at radius 2 is 1.79 bits per heavy atom. The molecule has 4 aromatic rings. The van der Waals surface area contributed by atoms with E-state index in [4.69, 9.17) is 4.42 Å². The molecule has 0 spiro atoms. The van der Waals surface area contributed by atoms with Gasteiger partial charge in [0.25, 0.3) is 0 Å². The molecule has 0 amide bonds. The highest BCUT2D eigenvalue weighted by Gasteiger charge is 2.20. The topological polar surface area (TPSA) is 99.9 Å². The Hall–Kier alpha value is -3.30. The van der Waals surface area contributed by atoms with E-state index in [0.717, 1.165) is 5.56 Å². The lowest BCUT2D eigenvalue weighted by molar-refractivity contribution is 0.280. The number of aromatic nitrogens is 4. The van der Waals surface area contributed by atoms with Crippen LogP contribution < -0.4 is 4.90 Å². The van der Waals surface area contributed by atoms with Gasteiger partial charge >= 0.3 is 5.84 Å². The number of hydrogen-bond donors (Lipinski definition) is 2. The molecule has 0 atom stereocenters. The standard InChI is InChI=1S/C19H18FN5O3/c20-14-3-1-13(2-4-14)16-17(25-9-12-28-19(25)23-16)15-5-6-21-18(22-15)24(7-10-26)8-11-27/h1-6,9,12,26-27H,7-8,10-11H2. The number of imidazole rings is 1. The average molecular weight is 383 g/mol. The molecular weight excluding hydrogens is 365 g/mol. The minimum atomic E-state index is -0.332. The molecule has 0 aliphatic carbocycles. The maximum absolute atomic E-state index is 13.3. The molecule has 9 heteroatoms. The molecule has 4 rings (SSSR count). The molecule has 2 N–H and O–H groups in total. The second-order valence-electron chi connectivity index (χ2n) is 6.05. The lowest BCUT2D eigenvalue weighted by Crippen LogP contribution is -2.31. The largest absolute Gasteiger partial charge is 0.432 e. The van der Waals surface area contributed by atoms with E-state index in [9.17, 15) is 14.6 Å². The fourth-order valence-corrected chi connectivity index (χ4v) is 3.03. The third-order valence-electron chi connectivity index (χ3n) is 4.29. The number of fused-ring (bicyclic) bond motifs is 1. The molecule has 0 aliphatic rings. The van der Waals surface area contributed by atoms with Gasteiger partial charge in [-0.3, -0.25) is 4.40 Å². The molecule has 0 radical (unpaired) electrons. The Bertz CT molecular complexity index is 1070. The van der Waals surface area contributed by atoms with E-state index in [1.54, 1.807) is 39.9 Å². The third-order valence-corrected chi connectivity index (χ3v) is 4.29. The van der Waals surface area contributed by atoms with Gasteiger partial charge in [0.2, 0.25) is 5.95 Å². The number of nitrogens with zero attached hydrogens (tertiary/aromatic N) is 5. The summed E-state index contributed by atoms with van der Waals surface area (Å²) in [6, 6.07) is 7.77. The summed E-state index contributed by atoms with van der Waals surface area (Å²) in [6.07, 6.45) is 4.85. The Kier molecular flexibility index (Phi) is 5.00. The van der Waals surface area contributed by atoms with Crippen molar-refractivity contribution in [2.45, 2.75) is 0 Å². The van der Waals surface area contributed by atoms with Crippen molar-refractivity contribution in [3.63, 3.8) is 0 Å². The Morgan fingerprint density at radius 1 is 1.04 bits per heavy atom. The molecular formula is C19H18FN5O3. The van der Waals surface area contributed by atoms with Crippen LogP contribution in [0.4, 0.5) is 10.3 Å². The van der Waals surface area contributed by atoms with Crippen molar-refractivity contribution in [1.29, 1.82) is 0 Å². The molecule has 0 unspecified atom stereocenters. The number of hydrogen-bond acceptors (Lipinski definition) is 7. The summed E-state index contributed by atoms with van der Waals surface area (Å²) >= 11 is 0. The first-order chi connectivity index (χ1) is 13.7. The van der Waals surface area contributed by atoms with E-state index in [0.29, 0.717) is 42.0 Å². The molecule has 0 aliphatic heterocycles. The Balaban J connectivity index is 1.85. The van der Waals surface area contributed by atoms with Gasteiger partial charge in [-0.2, -0.15) is 4.98 Å². The van der Waals surface area contributed by atoms with Crippen LogP contribution in [0.3, 0.4) is 0 Å². The highest BCUT2D eigenvalue weighted by Crippen LogP contribution is 2.32. The fraction of sp³-hybridized carbons (Fsp3) is 0.211. The number of oxazole rings is 1. The van der Waals surface area contributed by atoms with E-state index in [-0.39, 0.29) is 19.0 Å². The van der Waals surface area contributed by atoms with Crippen LogP contribution in [0.25, 0.3) is 28.5 Å². The first kappa shape index (κ1) is 18.1. The van der Waals surface area contributed by atoms with Crippen LogP contribution in [-0.2, 0) is 0 Å². The number of anilines is 1. The van der Waals surface area contributed by atoms with Gasteiger partial charge in [-0.05, 0) is 30.3 Å². The zero-order chi connectivity index (χ0) is 19.5. The van der Waals surface area contributed by atoms with E-state index < -0.39 is 0 Å².